The lowest BCUT2D eigenvalue weighted by molar-refractivity contribution is -0.129. The summed E-state index contributed by atoms with van der Waals surface area (Å²) in [7, 11) is 0. The van der Waals surface area contributed by atoms with Crippen molar-refractivity contribution in [3.05, 3.63) is 64.8 Å². The minimum absolute atomic E-state index is 0.0413. The predicted molar refractivity (Wildman–Crippen MR) is 97.0 cm³/mol. The first-order valence-corrected chi connectivity index (χ1v) is 8.33. The number of nitrogens with zero attached hydrogens (tertiary/aromatic N) is 1. The van der Waals surface area contributed by atoms with Crippen molar-refractivity contribution in [3.63, 3.8) is 0 Å². The zero-order valence-electron chi connectivity index (χ0n) is 13.7. The quantitative estimate of drug-likeness (QED) is 0.519. The molecule has 1 aromatic heterocycles. The van der Waals surface area contributed by atoms with E-state index in [1.54, 1.807) is 24.3 Å². The number of aromatic hydroxyl groups is 1. The van der Waals surface area contributed by atoms with Gasteiger partial charge in [-0.2, -0.15) is 5.01 Å². The number of hydrogen-bond acceptors (Lipinski definition) is 4. The number of aromatic amines is 1. The average Bonchev–Trinajstić information content (AvgIpc) is 3.18. The van der Waals surface area contributed by atoms with Gasteiger partial charge >= 0.3 is 6.03 Å². The molecule has 4 N–H and O–H groups in total. The average molecular weight is 385 g/mol. The van der Waals surface area contributed by atoms with Gasteiger partial charge in [0.25, 0.3) is 11.8 Å². The van der Waals surface area contributed by atoms with E-state index in [0.717, 1.165) is 5.39 Å². The molecule has 0 spiro atoms. The minimum atomic E-state index is -0.945. The molecule has 4 amide bonds. The highest BCUT2D eigenvalue weighted by Gasteiger charge is 2.40. The van der Waals surface area contributed by atoms with Crippen LogP contribution in [0.25, 0.3) is 10.9 Å². The highest BCUT2D eigenvalue weighted by molar-refractivity contribution is 6.31. The summed E-state index contributed by atoms with van der Waals surface area (Å²) in [6.07, 6.45) is 0. The van der Waals surface area contributed by atoms with Crippen LogP contribution in [0.3, 0.4) is 0 Å². The number of carbonyl (C=O) groups excluding carboxylic acids is 3. The highest BCUT2D eigenvalue weighted by atomic mass is 35.5. The zero-order chi connectivity index (χ0) is 19.1. The summed E-state index contributed by atoms with van der Waals surface area (Å²) in [5.41, 5.74) is 3.67. The largest absolute Gasteiger partial charge is 0.508 e. The van der Waals surface area contributed by atoms with E-state index in [4.69, 9.17) is 11.6 Å². The van der Waals surface area contributed by atoms with Gasteiger partial charge in [0, 0.05) is 15.9 Å². The summed E-state index contributed by atoms with van der Waals surface area (Å²) in [5, 5.41) is 13.7. The summed E-state index contributed by atoms with van der Waals surface area (Å²) < 4.78 is 0. The van der Waals surface area contributed by atoms with Crippen LogP contribution in [0.1, 0.15) is 22.1 Å². The third-order valence-corrected chi connectivity index (χ3v) is 4.44. The molecular weight excluding hydrogens is 372 g/mol. The van der Waals surface area contributed by atoms with Crippen LogP contribution in [0.2, 0.25) is 5.02 Å². The van der Waals surface area contributed by atoms with Crippen LogP contribution in [0, 0.1) is 0 Å². The lowest BCUT2D eigenvalue weighted by atomic mass is 10.1. The van der Waals surface area contributed by atoms with E-state index in [9.17, 15) is 19.5 Å². The Morgan fingerprint density at radius 2 is 1.85 bits per heavy atom. The number of H-pyrrole nitrogens is 1. The van der Waals surface area contributed by atoms with E-state index in [0.29, 0.717) is 21.1 Å². The third kappa shape index (κ3) is 3.06. The molecule has 1 aliphatic heterocycles. The Balaban J connectivity index is 1.54. The Morgan fingerprint density at radius 3 is 2.59 bits per heavy atom. The van der Waals surface area contributed by atoms with E-state index in [2.05, 4.69) is 15.7 Å². The molecule has 0 saturated carbocycles. The number of hydrazine groups is 1. The molecular formula is C18H13ClN4O4. The van der Waals surface area contributed by atoms with Crippen molar-refractivity contribution in [2.45, 2.75) is 6.04 Å². The van der Waals surface area contributed by atoms with Gasteiger partial charge in [0.05, 0.1) is 0 Å². The molecule has 0 unspecified atom stereocenters. The summed E-state index contributed by atoms with van der Waals surface area (Å²) >= 11 is 5.93. The van der Waals surface area contributed by atoms with Gasteiger partial charge in [-0.3, -0.25) is 15.0 Å². The second-order valence-electron chi connectivity index (χ2n) is 6.00. The maximum Gasteiger partial charge on any atom is 0.344 e. The van der Waals surface area contributed by atoms with Crippen molar-refractivity contribution in [1.29, 1.82) is 0 Å². The van der Waals surface area contributed by atoms with Gasteiger partial charge in [0.2, 0.25) is 0 Å². The Hall–Kier alpha value is -3.52. The van der Waals surface area contributed by atoms with Gasteiger partial charge < -0.3 is 15.4 Å². The molecule has 136 valence electrons. The number of nitrogens with one attached hydrogen (secondary N) is 3. The molecule has 2 aromatic carbocycles. The van der Waals surface area contributed by atoms with Crippen LogP contribution >= 0.6 is 11.6 Å². The molecule has 0 bridgehead atoms. The number of phenolic OH excluding ortho intramolecular Hbond substituents is 1. The number of benzene rings is 2. The Morgan fingerprint density at radius 1 is 1.11 bits per heavy atom. The predicted octanol–water partition coefficient (Wildman–Crippen LogP) is 2.46. The number of aromatic nitrogens is 1. The summed E-state index contributed by atoms with van der Waals surface area (Å²) in [4.78, 5) is 40.0. The lowest BCUT2D eigenvalue weighted by Gasteiger charge is -2.13. The van der Waals surface area contributed by atoms with Crippen LogP contribution in [0.4, 0.5) is 4.79 Å². The van der Waals surface area contributed by atoms with Crippen molar-refractivity contribution < 1.29 is 19.5 Å². The molecule has 2 heterocycles. The number of carbonyl (C=O) groups is 3. The molecule has 9 heteroatoms. The van der Waals surface area contributed by atoms with E-state index >= 15 is 0 Å². The van der Waals surface area contributed by atoms with Gasteiger partial charge in [0.15, 0.2) is 0 Å². The van der Waals surface area contributed by atoms with E-state index < -0.39 is 23.9 Å². The molecule has 0 aliphatic carbocycles. The minimum Gasteiger partial charge on any atom is -0.508 e. The first-order valence-electron chi connectivity index (χ1n) is 7.95. The number of imide groups is 1. The van der Waals surface area contributed by atoms with Crippen LogP contribution < -0.4 is 10.7 Å². The molecule has 1 atom stereocenters. The number of halogens is 1. The van der Waals surface area contributed by atoms with E-state index in [-0.39, 0.29) is 11.4 Å². The standard InChI is InChI=1S/C18H13ClN4O4/c19-11-3-6-13-10(7-11)8-14(20-13)16(25)22-23-17(26)15(21-18(23)27)9-1-4-12(24)5-2-9/h1-8,15,20,24H,(H,21,27)(H,22,25)/t15-/m0/s1. The number of fused-ring (bicyclic) bond motifs is 1. The topological polar surface area (TPSA) is 115 Å². The normalized spacial score (nSPS) is 16.6. The van der Waals surface area contributed by atoms with Gasteiger partial charge in [-0.05, 0) is 42.0 Å². The van der Waals surface area contributed by atoms with Gasteiger partial charge in [-0.1, -0.05) is 23.7 Å². The Kier molecular flexibility index (Phi) is 3.97. The molecule has 8 nitrogen and oxygen atoms in total. The molecule has 4 rings (SSSR count). The van der Waals surface area contributed by atoms with Crippen LogP contribution in [-0.4, -0.2) is 32.9 Å². The monoisotopic (exact) mass is 384 g/mol. The number of hydrogen-bond donors (Lipinski definition) is 4. The van der Waals surface area contributed by atoms with Gasteiger partial charge in [0.1, 0.15) is 17.5 Å². The first-order chi connectivity index (χ1) is 12.9. The zero-order valence-corrected chi connectivity index (χ0v) is 14.4. The number of urea groups is 1. The maximum absolute atomic E-state index is 12.5. The Labute approximate surface area is 157 Å². The third-order valence-electron chi connectivity index (χ3n) is 4.21. The fraction of sp³-hybridized carbons (Fsp3) is 0.0556. The van der Waals surface area contributed by atoms with Crippen molar-refractivity contribution in [3.8, 4) is 5.75 Å². The van der Waals surface area contributed by atoms with Crippen LogP contribution in [0.5, 0.6) is 5.75 Å². The summed E-state index contributed by atoms with van der Waals surface area (Å²) in [6.45, 7) is 0. The molecule has 3 aromatic rings. The fourth-order valence-corrected chi connectivity index (χ4v) is 3.05. The number of rotatable bonds is 3. The van der Waals surface area contributed by atoms with Gasteiger partial charge in [-0.25, -0.2) is 4.79 Å². The van der Waals surface area contributed by atoms with Crippen molar-refractivity contribution in [1.82, 2.24) is 20.7 Å². The first kappa shape index (κ1) is 16.9. The SMILES string of the molecule is O=C(NN1C(=O)N[C@@H](c2ccc(O)cc2)C1=O)c1cc2cc(Cl)ccc2[nH]1. The second-order valence-corrected chi connectivity index (χ2v) is 6.44. The maximum atomic E-state index is 12.5. The lowest BCUT2D eigenvalue weighted by Crippen LogP contribution is -2.46. The molecule has 1 aliphatic rings. The number of phenols is 1. The number of amides is 4. The summed E-state index contributed by atoms with van der Waals surface area (Å²) in [6, 6.07) is 10.8. The van der Waals surface area contributed by atoms with Crippen molar-refractivity contribution in [2.24, 2.45) is 0 Å². The Bertz CT molecular complexity index is 1080. The fourth-order valence-electron chi connectivity index (χ4n) is 2.87. The van der Waals surface area contributed by atoms with Crippen molar-refractivity contribution in [2.75, 3.05) is 0 Å². The second kappa shape index (κ2) is 6.33. The molecule has 1 fully saturated rings. The van der Waals surface area contributed by atoms with Crippen molar-refractivity contribution >= 4 is 40.3 Å². The van der Waals surface area contributed by atoms with E-state index in [1.165, 1.54) is 24.3 Å². The molecule has 1 saturated heterocycles. The molecule has 27 heavy (non-hydrogen) atoms. The molecule has 0 radical (unpaired) electrons. The highest BCUT2D eigenvalue weighted by Crippen LogP contribution is 2.23. The summed E-state index contributed by atoms with van der Waals surface area (Å²) in [5.74, 6) is -1.23. The van der Waals surface area contributed by atoms with Crippen LogP contribution in [-0.2, 0) is 4.79 Å². The smallest absolute Gasteiger partial charge is 0.344 e. The van der Waals surface area contributed by atoms with Gasteiger partial charge in [-0.15, -0.1) is 0 Å². The van der Waals surface area contributed by atoms with Crippen LogP contribution in [0.15, 0.2) is 48.5 Å². The van der Waals surface area contributed by atoms with E-state index in [1.807, 2.05) is 0 Å².